The maximum absolute atomic E-state index is 12.5. The van der Waals surface area contributed by atoms with Crippen molar-refractivity contribution in [3.05, 3.63) is 54.5 Å². The van der Waals surface area contributed by atoms with Gasteiger partial charge in [0.05, 0.1) is 11.2 Å². The van der Waals surface area contributed by atoms with Gasteiger partial charge in [0.2, 0.25) is 10.0 Å². The van der Waals surface area contributed by atoms with Gasteiger partial charge >= 0.3 is 5.97 Å². The Morgan fingerprint density at radius 3 is 2.48 bits per heavy atom. The van der Waals surface area contributed by atoms with Crippen molar-refractivity contribution in [2.75, 3.05) is 18.4 Å². The Kier molecular flexibility index (Phi) is 6.50. The molecule has 0 unspecified atom stereocenters. The van der Waals surface area contributed by atoms with Gasteiger partial charge in [0, 0.05) is 24.9 Å². The van der Waals surface area contributed by atoms with Gasteiger partial charge in [0.15, 0.2) is 6.10 Å². The van der Waals surface area contributed by atoms with E-state index >= 15 is 0 Å². The van der Waals surface area contributed by atoms with Gasteiger partial charge in [-0.05, 0) is 62.2 Å². The molecule has 0 saturated carbocycles. The molecular weight excluding hydrogens is 396 g/mol. The molecule has 8 nitrogen and oxygen atoms in total. The lowest BCUT2D eigenvalue weighted by atomic mass is 10.3. The summed E-state index contributed by atoms with van der Waals surface area (Å²) in [4.78, 5) is 24.2. The summed E-state index contributed by atoms with van der Waals surface area (Å²) in [6.45, 7) is 2.50. The van der Waals surface area contributed by atoms with Crippen LogP contribution in [0.25, 0.3) is 6.08 Å². The van der Waals surface area contributed by atoms with Crippen LogP contribution < -0.4 is 5.32 Å². The first-order valence-electron chi connectivity index (χ1n) is 9.19. The molecule has 0 spiro atoms. The van der Waals surface area contributed by atoms with Gasteiger partial charge in [-0.25, -0.2) is 13.2 Å². The molecule has 3 rings (SSSR count). The summed E-state index contributed by atoms with van der Waals surface area (Å²) in [6.07, 6.45) is 4.77. The fraction of sp³-hybridized carbons (Fsp3) is 0.300. The van der Waals surface area contributed by atoms with E-state index in [9.17, 15) is 18.0 Å². The highest BCUT2D eigenvalue weighted by Gasteiger charge is 2.27. The van der Waals surface area contributed by atoms with Crippen LogP contribution in [-0.2, 0) is 24.3 Å². The Morgan fingerprint density at radius 2 is 1.86 bits per heavy atom. The zero-order valence-electron chi connectivity index (χ0n) is 15.9. The number of furan rings is 1. The van der Waals surface area contributed by atoms with E-state index in [2.05, 4.69) is 5.32 Å². The molecule has 154 valence electrons. The Bertz CT molecular complexity index is 974. The van der Waals surface area contributed by atoms with Crippen LogP contribution in [0.1, 0.15) is 25.5 Å². The summed E-state index contributed by atoms with van der Waals surface area (Å²) < 4.78 is 36.6. The van der Waals surface area contributed by atoms with E-state index in [0.29, 0.717) is 24.5 Å². The minimum Gasteiger partial charge on any atom is -0.465 e. The van der Waals surface area contributed by atoms with Crippen LogP contribution in [0.3, 0.4) is 0 Å². The molecule has 1 atom stereocenters. The third kappa shape index (κ3) is 5.33. The smallest absolute Gasteiger partial charge is 0.331 e. The molecule has 0 aliphatic carbocycles. The van der Waals surface area contributed by atoms with Crippen LogP contribution in [0.15, 0.2) is 58.1 Å². The van der Waals surface area contributed by atoms with Crippen molar-refractivity contribution in [1.29, 1.82) is 0 Å². The lowest BCUT2D eigenvalue weighted by Crippen LogP contribution is -2.29. The normalized spacial score (nSPS) is 16.0. The van der Waals surface area contributed by atoms with E-state index in [4.69, 9.17) is 9.15 Å². The van der Waals surface area contributed by atoms with Crippen LogP contribution >= 0.6 is 0 Å². The molecule has 1 amide bonds. The molecule has 2 aromatic rings. The SMILES string of the molecule is C[C@@H](OC(=O)/C=C/c1ccco1)C(=O)Nc1ccc(S(=O)(=O)N2CCCC2)cc1. The van der Waals surface area contributed by atoms with Crippen molar-refractivity contribution in [2.45, 2.75) is 30.8 Å². The number of benzene rings is 1. The number of nitrogens with zero attached hydrogens (tertiary/aromatic N) is 1. The van der Waals surface area contributed by atoms with E-state index < -0.39 is 28.0 Å². The summed E-state index contributed by atoms with van der Waals surface area (Å²) in [7, 11) is -3.51. The highest BCUT2D eigenvalue weighted by Crippen LogP contribution is 2.22. The Labute approximate surface area is 169 Å². The van der Waals surface area contributed by atoms with Gasteiger partial charge in [-0.2, -0.15) is 4.31 Å². The summed E-state index contributed by atoms with van der Waals surface area (Å²) in [5.41, 5.74) is 0.407. The number of anilines is 1. The molecular formula is C20H22N2O6S. The lowest BCUT2D eigenvalue weighted by molar-refractivity contribution is -0.148. The molecule has 0 bridgehead atoms. The largest absolute Gasteiger partial charge is 0.465 e. The summed E-state index contributed by atoms with van der Waals surface area (Å²) in [5.74, 6) is -0.723. The number of hydrogen-bond donors (Lipinski definition) is 1. The summed E-state index contributed by atoms with van der Waals surface area (Å²) >= 11 is 0. The van der Waals surface area contributed by atoms with Gasteiger partial charge < -0.3 is 14.5 Å². The molecule has 1 aliphatic heterocycles. The number of nitrogens with one attached hydrogen (secondary N) is 1. The van der Waals surface area contributed by atoms with E-state index in [0.717, 1.165) is 12.8 Å². The van der Waals surface area contributed by atoms with Gasteiger partial charge in [-0.15, -0.1) is 0 Å². The first-order chi connectivity index (χ1) is 13.9. The maximum Gasteiger partial charge on any atom is 0.331 e. The van der Waals surface area contributed by atoms with Crippen molar-refractivity contribution in [3.63, 3.8) is 0 Å². The third-order valence-corrected chi connectivity index (χ3v) is 6.33. The quantitative estimate of drug-likeness (QED) is 0.547. The van der Waals surface area contributed by atoms with Gasteiger partial charge in [-0.1, -0.05) is 0 Å². The Hall–Kier alpha value is -2.91. The third-order valence-electron chi connectivity index (χ3n) is 4.41. The zero-order chi connectivity index (χ0) is 20.9. The van der Waals surface area contributed by atoms with Crippen molar-refractivity contribution in [1.82, 2.24) is 4.31 Å². The minimum absolute atomic E-state index is 0.180. The highest BCUT2D eigenvalue weighted by molar-refractivity contribution is 7.89. The maximum atomic E-state index is 12.5. The van der Waals surface area contributed by atoms with E-state index in [1.54, 1.807) is 12.1 Å². The van der Waals surface area contributed by atoms with Crippen molar-refractivity contribution in [3.8, 4) is 0 Å². The van der Waals surface area contributed by atoms with Crippen molar-refractivity contribution in [2.24, 2.45) is 0 Å². The zero-order valence-corrected chi connectivity index (χ0v) is 16.7. The number of rotatable bonds is 7. The monoisotopic (exact) mass is 418 g/mol. The molecule has 0 radical (unpaired) electrons. The topological polar surface area (TPSA) is 106 Å². The number of hydrogen-bond acceptors (Lipinski definition) is 6. The van der Waals surface area contributed by atoms with E-state index in [1.165, 1.54) is 53.9 Å². The highest BCUT2D eigenvalue weighted by atomic mass is 32.2. The molecule has 1 aromatic heterocycles. The van der Waals surface area contributed by atoms with E-state index in [1.807, 2.05) is 0 Å². The first kappa shape index (κ1) is 20.8. The standard InChI is InChI=1S/C20H22N2O6S/c1-15(28-19(23)11-8-17-5-4-14-27-17)20(24)21-16-6-9-18(10-7-16)29(25,26)22-12-2-3-13-22/h4-11,14-15H,2-3,12-13H2,1H3,(H,21,24)/b11-8+/t15-/m1/s1. The van der Waals surface area contributed by atoms with Crippen molar-refractivity contribution >= 4 is 33.7 Å². The van der Waals surface area contributed by atoms with Crippen LogP contribution in [0.5, 0.6) is 0 Å². The van der Waals surface area contributed by atoms with Crippen LogP contribution in [0, 0.1) is 0 Å². The molecule has 1 N–H and O–H groups in total. The average molecular weight is 418 g/mol. The summed E-state index contributed by atoms with van der Waals surface area (Å²) in [6, 6.07) is 9.27. The van der Waals surface area contributed by atoms with Crippen LogP contribution in [0.2, 0.25) is 0 Å². The Balaban J connectivity index is 1.55. The van der Waals surface area contributed by atoms with Gasteiger partial charge in [0.25, 0.3) is 5.91 Å². The predicted octanol–water partition coefficient (Wildman–Crippen LogP) is 2.65. The number of carbonyl (C=O) groups excluding carboxylic acids is 2. The second-order valence-electron chi connectivity index (χ2n) is 6.55. The molecule has 1 aromatic carbocycles. The summed E-state index contributed by atoms with van der Waals surface area (Å²) in [5, 5.41) is 2.60. The Morgan fingerprint density at radius 1 is 1.17 bits per heavy atom. The number of carbonyl (C=O) groups is 2. The minimum atomic E-state index is -3.51. The number of esters is 1. The average Bonchev–Trinajstić information content (AvgIpc) is 3.41. The van der Waals surface area contributed by atoms with Crippen LogP contribution in [0.4, 0.5) is 5.69 Å². The predicted molar refractivity (Wildman–Crippen MR) is 106 cm³/mol. The van der Waals surface area contributed by atoms with E-state index in [-0.39, 0.29) is 4.90 Å². The lowest BCUT2D eigenvalue weighted by Gasteiger charge is -2.16. The second kappa shape index (κ2) is 9.06. The molecule has 9 heteroatoms. The second-order valence-corrected chi connectivity index (χ2v) is 8.49. The first-order valence-corrected chi connectivity index (χ1v) is 10.6. The fourth-order valence-electron chi connectivity index (χ4n) is 2.83. The number of ether oxygens (including phenoxy) is 1. The molecule has 1 saturated heterocycles. The fourth-order valence-corrected chi connectivity index (χ4v) is 4.35. The molecule has 1 fully saturated rings. The molecule has 2 heterocycles. The number of amides is 1. The van der Waals surface area contributed by atoms with Gasteiger partial charge in [0.1, 0.15) is 5.76 Å². The molecule has 29 heavy (non-hydrogen) atoms. The number of sulfonamides is 1. The van der Waals surface area contributed by atoms with Crippen molar-refractivity contribution < 1.29 is 27.2 Å². The molecule has 1 aliphatic rings. The van der Waals surface area contributed by atoms with Gasteiger partial charge in [-0.3, -0.25) is 4.79 Å². The van der Waals surface area contributed by atoms with Crippen LogP contribution in [-0.4, -0.2) is 43.8 Å².